The number of carbonyl (C=O) groups is 3. The van der Waals surface area contributed by atoms with Crippen LogP contribution in [0.4, 0.5) is 16.2 Å². The van der Waals surface area contributed by atoms with Crippen molar-refractivity contribution >= 4 is 29.3 Å². The first kappa shape index (κ1) is 19.0. The molecule has 0 fully saturated rings. The largest absolute Gasteiger partial charge is 0.481 e. The SMILES string of the molecule is CCOC(=O)c1cc(NC(=O)Nc2cccc(CCC(=O)O)c2)cn1C. The van der Waals surface area contributed by atoms with Crippen molar-refractivity contribution in [3.05, 3.63) is 47.8 Å². The maximum absolute atomic E-state index is 12.1. The highest BCUT2D eigenvalue weighted by Gasteiger charge is 2.14. The minimum Gasteiger partial charge on any atom is -0.481 e. The number of aliphatic carboxylic acids is 1. The summed E-state index contributed by atoms with van der Waals surface area (Å²) in [5.41, 5.74) is 2.15. The number of aromatic nitrogens is 1. The van der Waals surface area contributed by atoms with Crippen molar-refractivity contribution in [2.45, 2.75) is 19.8 Å². The number of aryl methyl sites for hydroxylation is 2. The van der Waals surface area contributed by atoms with E-state index in [0.717, 1.165) is 5.56 Å². The van der Waals surface area contributed by atoms with Crippen LogP contribution in [0.1, 0.15) is 29.4 Å². The van der Waals surface area contributed by atoms with Gasteiger partial charge in [-0.2, -0.15) is 0 Å². The van der Waals surface area contributed by atoms with E-state index in [1.807, 2.05) is 0 Å². The van der Waals surface area contributed by atoms with Crippen LogP contribution >= 0.6 is 0 Å². The molecular weight excluding hydrogens is 338 g/mol. The van der Waals surface area contributed by atoms with Gasteiger partial charge in [-0.1, -0.05) is 12.1 Å². The molecular formula is C18H21N3O5. The summed E-state index contributed by atoms with van der Waals surface area (Å²) < 4.78 is 6.52. The van der Waals surface area contributed by atoms with Crippen molar-refractivity contribution in [1.29, 1.82) is 0 Å². The Kier molecular flexibility index (Phi) is 6.37. The predicted molar refractivity (Wildman–Crippen MR) is 96.4 cm³/mol. The summed E-state index contributed by atoms with van der Waals surface area (Å²) in [6, 6.07) is 8.03. The topological polar surface area (TPSA) is 110 Å². The Morgan fingerprint density at radius 2 is 1.88 bits per heavy atom. The number of esters is 1. The van der Waals surface area contributed by atoms with Crippen molar-refractivity contribution in [1.82, 2.24) is 4.57 Å². The number of urea groups is 1. The van der Waals surface area contributed by atoms with Crippen molar-refractivity contribution in [2.75, 3.05) is 17.2 Å². The van der Waals surface area contributed by atoms with E-state index in [1.54, 1.807) is 49.0 Å². The van der Waals surface area contributed by atoms with Crippen LogP contribution in [0.5, 0.6) is 0 Å². The third-order valence-corrected chi connectivity index (χ3v) is 3.56. The molecule has 1 aromatic heterocycles. The van der Waals surface area contributed by atoms with Crippen molar-refractivity contribution in [3.8, 4) is 0 Å². The summed E-state index contributed by atoms with van der Waals surface area (Å²) in [4.78, 5) is 34.6. The average Bonchev–Trinajstić information content (AvgIpc) is 2.93. The summed E-state index contributed by atoms with van der Waals surface area (Å²) in [5.74, 6) is -1.34. The van der Waals surface area contributed by atoms with Crippen molar-refractivity contribution in [3.63, 3.8) is 0 Å². The first-order chi connectivity index (χ1) is 12.4. The third kappa shape index (κ3) is 5.37. The van der Waals surface area contributed by atoms with E-state index < -0.39 is 18.0 Å². The van der Waals surface area contributed by atoms with Gasteiger partial charge in [0.1, 0.15) is 5.69 Å². The maximum atomic E-state index is 12.1. The second-order valence-electron chi connectivity index (χ2n) is 5.62. The molecule has 0 aliphatic rings. The molecule has 2 amide bonds. The van der Waals surface area contributed by atoms with Crippen LogP contribution in [0, 0.1) is 0 Å². The fraction of sp³-hybridized carbons (Fsp3) is 0.278. The molecule has 26 heavy (non-hydrogen) atoms. The normalized spacial score (nSPS) is 10.2. The number of benzene rings is 1. The van der Waals surface area contributed by atoms with Gasteiger partial charge < -0.3 is 25.0 Å². The molecule has 1 heterocycles. The molecule has 0 saturated heterocycles. The lowest BCUT2D eigenvalue weighted by atomic mass is 10.1. The highest BCUT2D eigenvalue weighted by atomic mass is 16.5. The number of amides is 2. The van der Waals surface area contributed by atoms with Gasteiger partial charge in [0.2, 0.25) is 0 Å². The van der Waals surface area contributed by atoms with E-state index in [0.29, 0.717) is 23.5 Å². The molecule has 8 heteroatoms. The summed E-state index contributed by atoms with van der Waals surface area (Å²) in [6.45, 7) is 1.99. The Labute approximate surface area is 150 Å². The quantitative estimate of drug-likeness (QED) is 0.659. The van der Waals surface area contributed by atoms with Gasteiger partial charge in [-0.25, -0.2) is 9.59 Å². The van der Waals surface area contributed by atoms with Crippen LogP contribution in [-0.2, 0) is 23.0 Å². The van der Waals surface area contributed by atoms with Crippen LogP contribution in [-0.4, -0.2) is 34.3 Å². The summed E-state index contributed by atoms with van der Waals surface area (Å²) >= 11 is 0. The number of carboxylic acid groups (broad SMARTS) is 1. The van der Waals surface area contributed by atoms with E-state index in [-0.39, 0.29) is 13.0 Å². The van der Waals surface area contributed by atoms with Crippen LogP contribution < -0.4 is 10.6 Å². The lowest BCUT2D eigenvalue weighted by Crippen LogP contribution is -2.19. The minimum absolute atomic E-state index is 0.0241. The third-order valence-electron chi connectivity index (χ3n) is 3.56. The van der Waals surface area contributed by atoms with Gasteiger partial charge in [0.05, 0.1) is 12.3 Å². The van der Waals surface area contributed by atoms with E-state index in [4.69, 9.17) is 9.84 Å². The van der Waals surface area contributed by atoms with Gasteiger partial charge in [0.15, 0.2) is 0 Å². The Hall–Kier alpha value is -3.29. The van der Waals surface area contributed by atoms with Gasteiger partial charge in [0.25, 0.3) is 0 Å². The van der Waals surface area contributed by atoms with Crippen molar-refractivity contribution in [2.24, 2.45) is 7.05 Å². The zero-order chi connectivity index (χ0) is 19.1. The lowest BCUT2D eigenvalue weighted by Gasteiger charge is -2.07. The molecule has 0 saturated carbocycles. The number of rotatable bonds is 7. The molecule has 0 bridgehead atoms. The summed E-state index contributed by atoms with van der Waals surface area (Å²) in [7, 11) is 1.68. The van der Waals surface area contributed by atoms with Gasteiger partial charge in [-0.15, -0.1) is 0 Å². The second-order valence-corrected chi connectivity index (χ2v) is 5.62. The lowest BCUT2D eigenvalue weighted by molar-refractivity contribution is -0.136. The van der Waals surface area contributed by atoms with Crippen LogP contribution in [0.15, 0.2) is 36.5 Å². The average molecular weight is 359 g/mol. The zero-order valence-electron chi connectivity index (χ0n) is 14.6. The summed E-state index contributed by atoms with van der Waals surface area (Å²) in [6.07, 6.45) is 2.01. The molecule has 0 aliphatic heterocycles. The molecule has 0 aliphatic carbocycles. The molecule has 1 aromatic carbocycles. The first-order valence-electron chi connectivity index (χ1n) is 8.11. The molecule has 138 valence electrons. The van der Waals surface area contributed by atoms with E-state index in [9.17, 15) is 14.4 Å². The first-order valence-corrected chi connectivity index (χ1v) is 8.11. The Bertz CT molecular complexity index is 813. The molecule has 0 radical (unpaired) electrons. The fourth-order valence-electron chi connectivity index (χ4n) is 2.39. The van der Waals surface area contributed by atoms with E-state index >= 15 is 0 Å². The molecule has 8 nitrogen and oxygen atoms in total. The van der Waals surface area contributed by atoms with Crippen molar-refractivity contribution < 1.29 is 24.2 Å². The number of ether oxygens (including phenoxy) is 1. The highest BCUT2D eigenvalue weighted by Crippen LogP contribution is 2.16. The fourth-order valence-corrected chi connectivity index (χ4v) is 2.39. The molecule has 0 unspecified atom stereocenters. The number of carboxylic acids is 1. The number of nitrogens with one attached hydrogen (secondary N) is 2. The number of hydrogen-bond acceptors (Lipinski definition) is 4. The maximum Gasteiger partial charge on any atom is 0.355 e. The standard InChI is InChI=1S/C18H21N3O5/c1-3-26-17(24)15-10-14(11-21(15)2)20-18(25)19-13-6-4-5-12(9-13)7-8-16(22)23/h4-6,9-11H,3,7-8H2,1-2H3,(H,22,23)(H2,19,20,25). The van der Waals surface area contributed by atoms with Gasteiger partial charge in [-0.3, -0.25) is 4.79 Å². The van der Waals surface area contributed by atoms with Gasteiger partial charge >= 0.3 is 18.0 Å². The van der Waals surface area contributed by atoms with Gasteiger partial charge in [0, 0.05) is 25.4 Å². The number of carbonyl (C=O) groups excluding carboxylic acids is 2. The number of hydrogen-bond donors (Lipinski definition) is 3. The number of anilines is 2. The monoisotopic (exact) mass is 359 g/mol. The Morgan fingerprint density at radius 1 is 1.15 bits per heavy atom. The molecule has 2 aromatic rings. The molecule has 3 N–H and O–H groups in total. The van der Waals surface area contributed by atoms with E-state index in [1.165, 1.54) is 6.07 Å². The van der Waals surface area contributed by atoms with E-state index in [2.05, 4.69) is 10.6 Å². The highest BCUT2D eigenvalue weighted by molar-refractivity contribution is 6.00. The smallest absolute Gasteiger partial charge is 0.355 e. The zero-order valence-corrected chi connectivity index (χ0v) is 14.6. The second kappa shape index (κ2) is 8.70. The van der Waals surface area contributed by atoms with Gasteiger partial charge in [-0.05, 0) is 37.1 Å². The predicted octanol–water partition coefficient (Wildman–Crippen LogP) is 2.86. The van der Waals surface area contributed by atoms with Crippen LogP contribution in [0.3, 0.4) is 0 Å². The molecule has 0 atom stereocenters. The molecule has 0 spiro atoms. The number of nitrogens with zero attached hydrogens (tertiary/aromatic N) is 1. The Morgan fingerprint density at radius 3 is 2.58 bits per heavy atom. The van der Waals surface area contributed by atoms with Crippen LogP contribution in [0.25, 0.3) is 0 Å². The Balaban J connectivity index is 1.98. The van der Waals surface area contributed by atoms with Crippen LogP contribution in [0.2, 0.25) is 0 Å². The molecule has 2 rings (SSSR count). The summed E-state index contributed by atoms with van der Waals surface area (Å²) in [5, 5.41) is 14.1. The minimum atomic E-state index is -0.873.